The monoisotopic (exact) mass is 221 g/mol. The van der Waals surface area contributed by atoms with E-state index in [2.05, 4.69) is 0 Å². The van der Waals surface area contributed by atoms with Crippen LogP contribution in [0.25, 0.3) is 0 Å². The first-order chi connectivity index (χ1) is 7.32. The molecule has 0 aliphatic carbocycles. The lowest BCUT2D eigenvalue weighted by Crippen LogP contribution is -2.42. The average Bonchev–Trinajstić information content (AvgIpc) is 2.19. The summed E-state index contributed by atoms with van der Waals surface area (Å²) in [5.41, 5.74) is 0.942. The first-order valence-corrected chi connectivity index (χ1v) is 5.35. The average molecular weight is 221 g/mol. The highest BCUT2D eigenvalue weighted by Crippen LogP contribution is 2.12. The van der Waals surface area contributed by atoms with Gasteiger partial charge in [0.2, 0.25) is 0 Å². The minimum absolute atomic E-state index is 0.268. The van der Waals surface area contributed by atoms with Crippen molar-refractivity contribution in [3.05, 3.63) is 35.4 Å². The Morgan fingerprint density at radius 2 is 1.94 bits per heavy atom. The molecule has 1 amide bonds. The zero-order valence-electron chi connectivity index (χ0n) is 10.3. The van der Waals surface area contributed by atoms with Gasteiger partial charge in [-0.2, -0.15) is 0 Å². The smallest absolute Gasteiger partial charge is 0.253 e. The number of carbonyl (C=O) groups is 1. The molecule has 0 fully saturated rings. The Hall–Kier alpha value is -1.35. The third kappa shape index (κ3) is 3.07. The summed E-state index contributed by atoms with van der Waals surface area (Å²) in [6, 6.07) is 7.92. The number of aliphatic hydroxyl groups is 1. The molecule has 88 valence electrons. The van der Waals surface area contributed by atoms with E-state index in [0.29, 0.717) is 6.54 Å². The van der Waals surface area contributed by atoms with Crippen LogP contribution in [0.4, 0.5) is 0 Å². The summed E-state index contributed by atoms with van der Waals surface area (Å²) in [5, 5.41) is 9.61. The number of nitrogens with zero attached hydrogens (tertiary/aromatic N) is 1. The van der Waals surface area contributed by atoms with Crippen molar-refractivity contribution in [3.8, 4) is 0 Å². The van der Waals surface area contributed by atoms with E-state index in [0.717, 1.165) is 11.1 Å². The minimum Gasteiger partial charge on any atom is -0.381 e. The maximum Gasteiger partial charge on any atom is 0.253 e. The van der Waals surface area contributed by atoms with Gasteiger partial charge in [0.15, 0.2) is 0 Å². The van der Waals surface area contributed by atoms with Crippen molar-refractivity contribution in [2.24, 2.45) is 0 Å². The standard InChI is InChI=1S/C13H19NO2/c1-10-7-5-6-8-11(10)9-14(4)12(15)13(2,3)16/h5-8,16H,9H2,1-4H3. The fourth-order valence-electron chi connectivity index (χ4n) is 1.58. The van der Waals surface area contributed by atoms with E-state index >= 15 is 0 Å². The van der Waals surface area contributed by atoms with E-state index in [1.807, 2.05) is 31.2 Å². The Bertz CT molecular complexity index is 380. The maximum absolute atomic E-state index is 11.8. The summed E-state index contributed by atoms with van der Waals surface area (Å²) in [6.07, 6.45) is 0. The van der Waals surface area contributed by atoms with Crippen LogP contribution in [0.2, 0.25) is 0 Å². The summed E-state index contributed by atoms with van der Waals surface area (Å²) >= 11 is 0. The molecule has 1 rings (SSSR count). The second-order valence-corrected chi connectivity index (χ2v) is 4.65. The Balaban J connectivity index is 2.76. The highest BCUT2D eigenvalue weighted by molar-refractivity contribution is 5.83. The van der Waals surface area contributed by atoms with E-state index in [9.17, 15) is 9.90 Å². The van der Waals surface area contributed by atoms with Crippen molar-refractivity contribution in [2.75, 3.05) is 7.05 Å². The van der Waals surface area contributed by atoms with Crippen LogP contribution in [-0.4, -0.2) is 28.6 Å². The largest absolute Gasteiger partial charge is 0.381 e. The zero-order chi connectivity index (χ0) is 12.3. The number of rotatable bonds is 3. The van der Waals surface area contributed by atoms with Gasteiger partial charge in [-0.25, -0.2) is 0 Å². The van der Waals surface area contributed by atoms with Crippen molar-refractivity contribution in [1.29, 1.82) is 0 Å². The van der Waals surface area contributed by atoms with Crippen molar-refractivity contribution in [1.82, 2.24) is 4.90 Å². The molecule has 0 spiro atoms. The molecule has 0 unspecified atom stereocenters. The molecule has 0 heterocycles. The number of aryl methyl sites for hydroxylation is 1. The molecular weight excluding hydrogens is 202 g/mol. The predicted molar refractivity (Wildman–Crippen MR) is 64.0 cm³/mol. The third-order valence-corrected chi connectivity index (χ3v) is 2.54. The van der Waals surface area contributed by atoms with Gasteiger partial charge in [-0.3, -0.25) is 4.79 Å². The summed E-state index contributed by atoms with van der Waals surface area (Å²) in [7, 11) is 1.70. The molecule has 0 saturated carbocycles. The molecular formula is C13H19NO2. The molecule has 1 aromatic rings. The molecule has 0 saturated heterocycles. The van der Waals surface area contributed by atoms with Crippen LogP contribution in [0.3, 0.4) is 0 Å². The lowest BCUT2D eigenvalue weighted by Gasteiger charge is -2.25. The van der Waals surface area contributed by atoms with Crippen LogP contribution in [-0.2, 0) is 11.3 Å². The van der Waals surface area contributed by atoms with Gasteiger partial charge >= 0.3 is 0 Å². The van der Waals surface area contributed by atoms with Crippen LogP contribution in [0.1, 0.15) is 25.0 Å². The predicted octanol–water partition coefficient (Wildman–Crippen LogP) is 1.72. The van der Waals surface area contributed by atoms with Gasteiger partial charge in [-0.15, -0.1) is 0 Å². The number of likely N-dealkylation sites (N-methyl/N-ethyl adjacent to an activating group) is 1. The topological polar surface area (TPSA) is 40.5 Å². The molecule has 0 aliphatic heterocycles. The first-order valence-electron chi connectivity index (χ1n) is 5.35. The van der Waals surface area contributed by atoms with Crippen molar-refractivity contribution in [3.63, 3.8) is 0 Å². The first kappa shape index (κ1) is 12.7. The van der Waals surface area contributed by atoms with E-state index in [1.54, 1.807) is 11.9 Å². The number of benzene rings is 1. The molecule has 1 N–H and O–H groups in total. The second kappa shape index (κ2) is 4.66. The van der Waals surface area contributed by atoms with Crippen LogP contribution < -0.4 is 0 Å². The van der Waals surface area contributed by atoms with Gasteiger partial charge in [0, 0.05) is 13.6 Å². The highest BCUT2D eigenvalue weighted by atomic mass is 16.3. The number of carbonyl (C=O) groups excluding carboxylic acids is 1. The van der Waals surface area contributed by atoms with Crippen molar-refractivity contribution < 1.29 is 9.90 Å². The number of hydrogen-bond donors (Lipinski definition) is 1. The minimum atomic E-state index is -1.31. The molecule has 0 atom stereocenters. The maximum atomic E-state index is 11.8. The SMILES string of the molecule is Cc1ccccc1CN(C)C(=O)C(C)(C)O. The lowest BCUT2D eigenvalue weighted by atomic mass is 10.1. The van der Waals surface area contributed by atoms with E-state index in [1.165, 1.54) is 13.8 Å². The van der Waals surface area contributed by atoms with Gasteiger partial charge in [0.1, 0.15) is 5.60 Å². The van der Waals surface area contributed by atoms with Gasteiger partial charge in [0.05, 0.1) is 0 Å². The molecule has 0 aromatic heterocycles. The van der Waals surface area contributed by atoms with Crippen molar-refractivity contribution in [2.45, 2.75) is 32.9 Å². The fourth-order valence-corrected chi connectivity index (χ4v) is 1.58. The van der Waals surface area contributed by atoms with Crippen LogP contribution in [0.15, 0.2) is 24.3 Å². The molecule has 3 heteroatoms. The quantitative estimate of drug-likeness (QED) is 0.844. The number of amides is 1. The van der Waals surface area contributed by atoms with E-state index < -0.39 is 5.60 Å². The molecule has 0 bridgehead atoms. The van der Waals surface area contributed by atoms with Crippen LogP contribution >= 0.6 is 0 Å². The zero-order valence-corrected chi connectivity index (χ0v) is 10.3. The third-order valence-electron chi connectivity index (χ3n) is 2.54. The van der Waals surface area contributed by atoms with Gasteiger partial charge < -0.3 is 10.0 Å². The molecule has 0 radical (unpaired) electrons. The van der Waals surface area contributed by atoms with Crippen LogP contribution in [0, 0.1) is 6.92 Å². The Labute approximate surface area is 96.7 Å². The fraction of sp³-hybridized carbons (Fsp3) is 0.462. The Morgan fingerprint density at radius 1 is 1.38 bits per heavy atom. The molecule has 0 aliphatic rings. The second-order valence-electron chi connectivity index (χ2n) is 4.65. The van der Waals surface area contributed by atoms with Crippen molar-refractivity contribution >= 4 is 5.91 Å². The lowest BCUT2D eigenvalue weighted by molar-refractivity contribution is -0.146. The van der Waals surface area contributed by atoms with Gasteiger partial charge in [-0.1, -0.05) is 24.3 Å². The summed E-state index contributed by atoms with van der Waals surface area (Å²) in [5.74, 6) is -0.268. The normalized spacial score (nSPS) is 11.3. The molecule has 16 heavy (non-hydrogen) atoms. The summed E-state index contributed by atoms with van der Waals surface area (Å²) < 4.78 is 0. The van der Waals surface area contributed by atoms with E-state index in [4.69, 9.17) is 0 Å². The Kier molecular flexibility index (Phi) is 3.70. The summed E-state index contributed by atoms with van der Waals surface area (Å²) in [4.78, 5) is 13.3. The van der Waals surface area contributed by atoms with Gasteiger partial charge in [0.25, 0.3) is 5.91 Å². The Morgan fingerprint density at radius 3 is 2.44 bits per heavy atom. The van der Waals surface area contributed by atoms with Crippen LogP contribution in [0.5, 0.6) is 0 Å². The van der Waals surface area contributed by atoms with Gasteiger partial charge in [-0.05, 0) is 31.9 Å². The molecule has 3 nitrogen and oxygen atoms in total. The highest BCUT2D eigenvalue weighted by Gasteiger charge is 2.27. The summed E-state index contributed by atoms with van der Waals surface area (Å²) in [6.45, 7) is 5.54. The molecule has 1 aromatic carbocycles. The van der Waals surface area contributed by atoms with E-state index in [-0.39, 0.29) is 5.91 Å². The number of hydrogen-bond acceptors (Lipinski definition) is 2.